The Balaban J connectivity index is 2.11. The molecule has 0 radical (unpaired) electrons. The molecule has 1 aromatic rings. The molecule has 0 bridgehead atoms. The average Bonchev–Trinajstić information content (AvgIpc) is 2.46. The molecule has 0 spiro atoms. The summed E-state index contributed by atoms with van der Waals surface area (Å²) in [7, 11) is -1.25. The summed E-state index contributed by atoms with van der Waals surface area (Å²) in [5.74, 6) is 0. The molecule has 0 aliphatic carbocycles. The topological polar surface area (TPSA) is 0 Å². The molecular formula is C17H29IP2. The number of rotatable bonds is 2. The van der Waals surface area contributed by atoms with E-state index >= 15 is 0 Å². The van der Waals surface area contributed by atoms with E-state index in [1.54, 1.807) is 0 Å². The van der Waals surface area contributed by atoms with Gasteiger partial charge in [0.2, 0.25) is 0 Å². The second-order valence-corrected chi connectivity index (χ2v) is 22.1. The SMILES string of the molecule is C[C@H]1C[C@H](C)[PH]1(C)c1ccccc1[PH]1(I)[C@@H](C)C[C@@H]1C. The Kier molecular flexibility index (Phi) is 4.06. The van der Waals surface area contributed by atoms with Crippen LogP contribution in [0.2, 0.25) is 0 Å². The molecule has 114 valence electrons. The Morgan fingerprint density at radius 3 is 1.75 bits per heavy atom. The average molecular weight is 422 g/mol. The van der Waals surface area contributed by atoms with Crippen molar-refractivity contribution in [2.75, 3.05) is 6.66 Å². The van der Waals surface area contributed by atoms with E-state index in [4.69, 9.17) is 0 Å². The molecule has 2 aliphatic rings. The molecule has 0 unspecified atom stereocenters. The van der Waals surface area contributed by atoms with E-state index in [0.29, 0.717) is 0 Å². The molecule has 2 heterocycles. The summed E-state index contributed by atoms with van der Waals surface area (Å²) in [5, 5.41) is 3.67. The summed E-state index contributed by atoms with van der Waals surface area (Å²) in [4.78, 5) is -1.27. The summed E-state index contributed by atoms with van der Waals surface area (Å²) in [5.41, 5.74) is 3.86. The fourth-order valence-electron chi connectivity index (χ4n) is 4.89. The van der Waals surface area contributed by atoms with Gasteiger partial charge in [0.05, 0.1) is 0 Å². The van der Waals surface area contributed by atoms with Crippen LogP contribution < -0.4 is 10.6 Å². The fourth-order valence-corrected chi connectivity index (χ4v) is 18.3. The quantitative estimate of drug-likeness (QED) is 0.476. The van der Waals surface area contributed by atoms with Gasteiger partial charge in [0.15, 0.2) is 0 Å². The van der Waals surface area contributed by atoms with Crippen molar-refractivity contribution in [1.29, 1.82) is 0 Å². The molecule has 3 rings (SSSR count). The van der Waals surface area contributed by atoms with Crippen molar-refractivity contribution in [3.63, 3.8) is 0 Å². The molecular weight excluding hydrogens is 393 g/mol. The molecule has 2 aliphatic heterocycles. The van der Waals surface area contributed by atoms with E-state index in [1.807, 2.05) is 10.6 Å². The van der Waals surface area contributed by atoms with Crippen LogP contribution in [0.25, 0.3) is 0 Å². The summed E-state index contributed by atoms with van der Waals surface area (Å²) < 4.78 is 0. The van der Waals surface area contributed by atoms with E-state index in [2.05, 4.69) is 80.7 Å². The van der Waals surface area contributed by atoms with Crippen LogP contribution in [0.15, 0.2) is 24.3 Å². The minimum absolute atomic E-state index is 0.961. The van der Waals surface area contributed by atoms with E-state index in [-0.39, 0.29) is 0 Å². The van der Waals surface area contributed by atoms with Crippen LogP contribution in [-0.4, -0.2) is 29.3 Å². The first-order valence-electron chi connectivity index (χ1n) is 8.11. The Bertz CT molecular complexity index is 464. The van der Waals surface area contributed by atoms with Crippen molar-refractivity contribution in [3.8, 4) is 0 Å². The number of hydrogen-bond donors (Lipinski definition) is 0. The molecule has 0 nitrogen and oxygen atoms in total. The number of benzene rings is 1. The van der Waals surface area contributed by atoms with E-state index in [0.717, 1.165) is 22.6 Å². The van der Waals surface area contributed by atoms with E-state index in [1.165, 1.54) is 12.8 Å². The summed E-state index contributed by atoms with van der Waals surface area (Å²) >= 11 is 2.93. The predicted molar refractivity (Wildman–Crippen MR) is 109 cm³/mol. The Morgan fingerprint density at radius 1 is 0.850 bits per heavy atom. The third kappa shape index (κ3) is 1.92. The molecule has 3 heteroatoms. The van der Waals surface area contributed by atoms with Crippen molar-refractivity contribution < 1.29 is 0 Å². The van der Waals surface area contributed by atoms with Gasteiger partial charge in [0.25, 0.3) is 0 Å². The van der Waals surface area contributed by atoms with Crippen LogP contribution in [0.4, 0.5) is 0 Å². The van der Waals surface area contributed by atoms with Gasteiger partial charge in [-0.3, -0.25) is 0 Å². The third-order valence-corrected chi connectivity index (χ3v) is 26.0. The number of halogens is 1. The van der Waals surface area contributed by atoms with Crippen LogP contribution in [-0.2, 0) is 0 Å². The first kappa shape index (κ1) is 15.7. The van der Waals surface area contributed by atoms with Crippen LogP contribution in [0, 0.1) is 0 Å². The summed E-state index contributed by atoms with van der Waals surface area (Å²) in [6.07, 6.45) is 2.91. The van der Waals surface area contributed by atoms with Gasteiger partial charge in [-0.25, -0.2) is 0 Å². The number of hydrogen-bond acceptors (Lipinski definition) is 0. The zero-order valence-corrected chi connectivity index (χ0v) is 17.6. The van der Waals surface area contributed by atoms with Crippen LogP contribution in [0.5, 0.6) is 0 Å². The van der Waals surface area contributed by atoms with Crippen molar-refractivity contribution >= 4 is 44.8 Å². The summed E-state index contributed by atoms with van der Waals surface area (Å²) in [6, 6.07) is 9.63. The molecule has 2 fully saturated rings. The van der Waals surface area contributed by atoms with Gasteiger partial charge in [-0.05, 0) is 0 Å². The van der Waals surface area contributed by atoms with Crippen molar-refractivity contribution in [2.24, 2.45) is 0 Å². The van der Waals surface area contributed by atoms with Gasteiger partial charge in [0.1, 0.15) is 0 Å². The molecule has 0 aromatic heterocycles. The van der Waals surface area contributed by atoms with Crippen LogP contribution in [0.1, 0.15) is 40.5 Å². The van der Waals surface area contributed by atoms with Crippen LogP contribution >= 0.6 is 34.2 Å². The fraction of sp³-hybridized carbons (Fsp3) is 0.647. The Labute approximate surface area is 138 Å². The van der Waals surface area contributed by atoms with Gasteiger partial charge < -0.3 is 0 Å². The first-order chi connectivity index (χ1) is 9.32. The third-order valence-electron chi connectivity index (χ3n) is 6.82. The van der Waals surface area contributed by atoms with E-state index in [9.17, 15) is 0 Å². The molecule has 20 heavy (non-hydrogen) atoms. The van der Waals surface area contributed by atoms with Crippen molar-refractivity contribution in [2.45, 2.75) is 63.2 Å². The maximum atomic E-state index is 2.93. The zero-order chi connectivity index (χ0) is 14.7. The molecule has 4 atom stereocenters. The van der Waals surface area contributed by atoms with Crippen molar-refractivity contribution in [3.05, 3.63) is 24.3 Å². The molecule has 0 saturated carbocycles. The molecule has 0 amide bonds. The maximum absolute atomic E-state index is 2.93. The van der Waals surface area contributed by atoms with Gasteiger partial charge >= 0.3 is 139 Å². The van der Waals surface area contributed by atoms with Crippen molar-refractivity contribution in [1.82, 2.24) is 0 Å². The van der Waals surface area contributed by atoms with Gasteiger partial charge in [-0.2, -0.15) is 0 Å². The molecule has 0 N–H and O–H groups in total. The standard InChI is InChI=1S/C17H29IP2/c1-12-10-13(2)19(12,5)16-8-6-7-9-17(16)20(18)14(3)11-15(20)4/h6-9,12-15,19-20H,10-11H2,1-5H3/t12-,13-,14-,15-/m0/s1. The second kappa shape index (κ2) is 5.17. The summed E-state index contributed by atoms with van der Waals surface area (Å²) in [6.45, 7) is 12.7. The second-order valence-electron chi connectivity index (χ2n) is 7.67. The molecule has 1 aromatic carbocycles. The zero-order valence-electron chi connectivity index (χ0n) is 13.4. The minimum atomic E-state index is -1.27. The van der Waals surface area contributed by atoms with Gasteiger partial charge in [-0.15, -0.1) is 0 Å². The van der Waals surface area contributed by atoms with E-state index < -0.39 is 12.2 Å². The normalized spacial score (nSPS) is 41.1. The van der Waals surface area contributed by atoms with Crippen LogP contribution in [0.3, 0.4) is 0 Å². The predicted octanol–water partition coefficient (Wildman–Crippen LogP) is 4.78. The first-order valence-corrected chi connectivity index (χ1v) is 16.0. The Hall–Kier alpha value is 0.810. The van der Waals surface area contributed by atoms with Gasteiger partial charge in [-0.1, -0.05) is 0 Å². The van der Waals surface area contributed by atoms with Gasteiger partial charge in [0, 0.05) is 0 Å². The monoisotopic (exact) mass is 422 g/mol. The Morgan fingerprint density at radius 2 is 1.30 bits per heavy atom. The molecule has 2 saturated heterocycles.